The molecule has 0 saturated heterocycles. The van der Waals surface area contributed by atoms with Gasteiger partial charge >= 0.3 is 0 Å². The van der Waals surface area contributed by atoms with Gasteiger partial charge in [-0.1, -0.05) is 36.0 Å². The van der Waals surface area contributed by atoms with Crippen LogP contribution in [0.25, 0.3) is 10.2 Å². The zero-order chi connectivity index (χ0) is 14.7. The third kappa shape index (κ3) is 3.24. The number of aliphatic hydroxyl groups excluding tert-OH is 1. The van der Waals surface area contributed by atoms with E-state index in [1.54, 1.807) is 47.4 Å². The molecule has 1 atom stereocenters. The molecule has 0 saturated carbocycles. The summed E-state index contributed by atoms with van der Waals surface area (Å²) >= 11 is 3.19. The Kier molecular flexibility index (Phi) is 4.20. The van der Waals surface area contributed by atoms with Crippen LogP contribution in [0.3, 0.4) is 0 Å². The average Bonchev–Trinajstić information content (AvgIpc) is 2.95. The van der Waals surface area contributed by atoms with E-state index in [1.807, 2.05) is 24.3 Å². The summed E-state index contributed by atoms with van der Waals surface area (Å²) in [5.74, 6) is 0.547. The van der Waals surface area contributed by atoms with Gasteiger partial charge in [-0.3, -0.25) is 0 Å². The maximum absolute atomic E-state index is 10.2. The number of fused-ring (bicyclic) bond motifs is 1. The normalized spacial score (nSPS) is 12.2. The van der Waals surface area contributed by atoms with Gasteiger partial charge in [-0.2, -0.15) is 5.26 Å². The fraction of sp³-hybridized carbons (Fsp3) is 0.125. The summed E-state index contributed by atoms with van der Waals surface area (Å²) in [6, 6.07) is 17.1. The number of thiazole rings is 1. The summed E-state index contributed by atoms with van der Waals surface area (Å²) in [4.78, 5) is 4.53. The number of para-hydroxylation sites is 1. The van der Waals surface area contributed by atoms with Gasteiger partial charge in [-0.15, -0.1) is 11.3 Å². The lowest BCUT2D eigenvalue weighted by molar-refractivity contribution is 0.204. The van der Waals surface area contributed by atoms with E-state index in [0.717, 1.165) is 20.1 Å². The standard InChI is InChI=1S/C16H12N2OS2/c17-9-11-5-7-12(8-6-11)14(19)10-20-16-18-13-3-1-2-4-15(13)21-16/h1-8,14,19H,10H2. The van der Waals surface area contributed by atoms with Crippen LogP contribution >= 0.6 is 23.1 Å². The molecule has 0 bridgehead atoms. The van der Waals surface area contributed by atoms with Crippen molar-refractivity contribution in [2.75, 3.05) is 5.75 Å². The van der Waals surface area contributed by atoms with E-state index in [-0.39, 0.29) is 0 Å². The fourth-order valence-electron chi connectivity index (χ4n) is 1.94. The second kappa shape index (κ2) is 6.27. The van der Waals surface area contributed by atoms with Crippen LogP contribution in [-0.2, 0) is 0 Å². The summed E-state index contributed by atoms with van der Waals surface area (Å²) in [6.07, 6.45) is -0.560. The first kappa shape index (κ1) is 14.1. The van der Waals surface area contributed by atoms with E-state index in [0.29, 0.717) is 11.3 Å². The molecular formula is C16H12N2OS2. The highest BCUT2D eigenvalue weighted by Crippen LogP contribution is 2.31. The minimum Gasteiger partial charge on any atom is -0.388 e. The van der Waals surface area contributed by atoms with Crippen molar-refractivity contribution in [3.05, 3.63) is 59.7 Å². The first-order chi connectivity index (χ1) is 10.3. The van der Waals surface area contributed by atoms with Gasteiger partial charge in [0.1, 0.15) is 0 Å². The van der Waals surface area contributed by atoms with Crippen molar-refractivity contribution in [1.29, 1.82) is 5.26 Å². The molecule has 21 heavy (non-hydrogen) atoms. The Bertz CT molecular complexity index is 757. The Morgan fingerprint density at radius 1 is 1.19 bits per heavy atom. The zero-order valence-corrected chi connectivity index (χ0v) is 12.7. The number of hydrogen-bond donors (Lipinski definition) is 1. The van der Waals surface area contributed by atoms with Crippen LogP contribution < -0.4 is 0 Å². The number of thioether (sulfide) groups is 1. The van der Waals surface area contributed by atoms with Crippen molar-refractivity contribution in [1.82, 2.24) is 4.98 Å². The second-order valence-corrected chi connectivity index (χ2v) is 6.81. The van der Waals surface area contributed by atoms with Crippen molar-refractivity contribution in [2.24, 2.45) is 0 Å². The average molecular weight is 312 g/mol. The van der Waals surface area contributed by atoms with Gasteiger partial charge in [-0.05, 0) is 29.8 Å². The molecule has 0 fully saturated rings. The van der Waals surface area contributed by atoms with Crippen LogP contribution in [-0.4, -0.2) is 15.8 Å². The highest BCUT2D eigenvalue weighted by molar-refractivity contribution is 8.01. The van der Waals surface area contributed by atoms with Crippen LogP contribution in [0.4, 0.5) is 0 Å². The van der Waals surface area contributed by atoms with E-state index in [4.69, 9.17) is 5.26 Å². The quantitative estimate of drug-likeness (QED) is 0.740. The molecule has 104 valence electrons. The minimum atomic E-state index is -0.560. The molecule has 1 heterocycles. The maximum Gasteiger partial charge on any atom is 0.151 e. The van der Waals surface area contributed by atoms with Crippen LogP contribution in [0.1, 0.15) is 17.2 Å². The van der Waals surface area contributed by atoms with Gasteiger partial charge in [-0.25, -0.2) is 4.98 Å². The second-order valence-electron chi connectivity index (χ2n) is 4.51. The number of nitriles is 1. The molecule has 1 aromatic heterocycles. The zero-order valence-electron chi connectivity index (χ0n) is 11.1. The first-order valence-corrected chi connectivity index (χ1v) is 8.23. The monoisotopic (exact) mass is 312 g/mol. The molecular weight excluding hydrogens is 300 g/mol. The fourth-order valence-corrected chi connectivity index (χ4v) is 4.00. The van der Waals surface area contributed by atoms with Crippen molar-refractivity contribution in [3.8, 4) is 6.07 Å². The third-order valence-corrected chi connectivity index (χ3v) is 5.32. The molecule has 1 N–H and O–H groups in total. The summed E-state index contributed by atoms with van der Waals surface area (Å²) < 4.78 is 2.12. The van der Waals surface area contributed by atoms with E-state index in [1.165, 1.54) is 0 Å². The molecule has 3 nitrogen and oxygen atoms in total. The molecule has 3 rings (SSSR count). The lowest BCUT2D eigenvalue weighted by atomic mass is 10.1. The SMILES string of the molecule is N#Cc1ccc(C(O)CSc2nc3ccccc3s2)cc1. The molecule has 0 aliphatic heterocycles. The Balaban J connectivity index is 1.67. The van der Waals surface area contributed by atoms with Crippen molar-refractivity contribution in [3.63, 3.8) is 0 Å². The number of aromatic nitrogens is 1. The van der Waals surface area contributed by atoms with Crippen LogP contribution in [0.5, 0.6) is 0 Å². The first-order valence-electron chi connectivity index (χ1n) is 6.43. The third-order valence-electron chi connectivity index (χ3n) is 3.06. The number of hydrogen-bond acceptors (Lipinski definition) is 5. The predicted molar refractivity (Wildman–Crippen MR) is 86.5 cm³/mol. The Labute approximate surface area is 130 Å². The maximum atomic E-state index is 10.2. The van der Waals surface area contributed by atoms with E-state index in [9.17, 15) is 5.11 Å². The number of rotatable bonds is 4. The number of nitrogens with zero attached hydrogens (tertiary/aromatic N) is 2. The van der Waals surface area contributed by atoms with Gasteiger partial charge in [0.05, 0.1) is 28.0 Å². The summed E-state index contributed by atoms with van der Waals surface area (Å²) in [5, 5.41) is 19.0. The number of aliphatic hydroxyl groups is 1. The molecule has 3 aromatic rings. The van der Waals surface area contributed by atoms with Crippen molar-refractivity contribution in [2.45, 2.75) is 10.4 Å². The minimum absolute atomic E-state index is 0.547. The molecule has 5 heteroatoms. The molecule has 0 aliphatic rings. The van der Waals surface area contributed by atoms with Gasteiger partial charge in [0.15, 0.2) is 4.34 Å². The van der Waals surface area contributed by atoms with Crippen LogP contribution in [0, 0.1) is 11.3 Å². The largest absolute Gasteiger partial charge is 0.388 e. The van der Waals surface area contributed by atoms with E-state index < -0.39 is 6.10 Å². The Morgan fingerprint density at radius 2 is 1.95 bits per heavy atom. The Morgan fingerprint density at radius 3 is 2.67 bits per heavy atom. The van der Waals surface area contributed by atoms with E-state index in [2.05, 4.69) is 11.1 Å². The lowest BCUT2D eigenvalue weighted by Crippen LogP contribution is -2.00. The van der Waals surface area contributed by atoms with Crippen molar-refractivity contribution >= 4 is 33.3 Å². The van der Waals surface area contributed by atoms with Gasteiger partial charge in [0.2, 0.25) is 0 Å². The molecule has 0 spiro atoms. The predicted octanol–water partition coefficient (Wildman–Crippen LogP) is 3.99. The van der Waals surface area contributed by atoms with Gasteiger partial charge in [0, 0.05) is 5.75 Å². The Hall–Kier alpha value is -1.87. The summed E-state index contributed by atoms with van der Waals surface area (Å²) in [7, 11) is 0. The van der Waals surface area contributed by atoms with Crippen LogP contribution in [0.15, 0.2) is 52.9 Å². The highest BCUT2D eigenvalue weighted by Gasteiger charge is 2.10. The molecule has 0 aliphatic carbocycles. The van der Waals surface area contributed by atoms with Crippen LogP contribution in [0.2, 0.25) is 0 Å². The summed E-state index contributed by atoms with van der Waals surface area (Å²) in [5.41, 5.74) is 2.42. The van der Waals surface area contributed by atoms with Crippen molar-refractivity contribution < 1.29 is 5.11 Å². The van der Waals surface area contributed by atoms with Gasteiger partial charge in [0.25, 0.3) is 0 Å². The molecule has 2 aromatic carbocycles. The molecule has 0 radical (unpaired) electrons. The molecule has 1 unspecified atom stereocenters. The highest BCUT2D eigenvalue weighted by atomic mass is 32.2. The van der Waals surface area contributed by atoms with Gasteiger partial charge < -0.3 is 5.11 Å². The molecule has 0 amide bonds. The van der Waals surface area contributed by atoms with E-state index >= 15 is 0 Å². The topological polar surface area (TPSA) is 56.9 Å². The number of benzene rings is 2. The lowest BCUT2D eigenvalue weighted by Gasteiger charge is -2.09. The summed E-state index contributed by atoms with van der Waals surface area (Å²) in [6.45, 7) is 0. The smallest absolute Gasteiger partial charge is 0.151 e.